The molecule has 0 spiro atoms. The molecule has 3 aromatic heterocycles. The van der Waals surface area contributed by atoms with Gasteiger partial charge in [0.05, 0.1) is 13.3 Å². The van der Waals surface area contributed by atoms with Crippen molar-refractivity contribution in [3.8, 4) is 5.69 Å². The second-order valence-corrected chi connectivity index (χ2v) is 6.10. The van der Waals surface area contributed by atoms with Gasteiger partial charge in [0.15, 0.2) is 11.2 Å². The Morgan fingerprint density at radius 1 is 1.16 bits per heavy atom. The van der Waals surface area contributed by atoms with Gasteiger partial charge in [-0.25, -0.2) is 9.31 Å². The van der Waals surface area contributed by atoms with Crippen LogP contribution in [0.4, 0.5) is 0 Å². The summed E-state index contributed by atoms with van der Waals surface area (Å²) in [6, 6.07) is 9.02. The van der Waals surface area contributed by atoms with E-state index in [1.807, 2.05) is 24.3 Å². The number of halogens is 1. The third-order valence-corrected chi connectivity index (χ3v) is 4.30. The van der Waals surface area contributed by atoms with E-state index in [1.165, 1.54) is 22.4 Å². The number of fused-ring (bicyclic) bond motifs is 3. The average molecular weight is 400 g/mol. The monoisotopic (exact) mass is 399 g/mol. The Morgan fingerprint density at radius 3 is 2.64 bits per heavy atom. The molecular weight excluding hydrogens is 390 g/mol. The van der Waals surface area contributed by atoms with Gasteiger partial charge in [-0.1, -0.05) is 15.9 Å². The lowest BCUT2D eigenvalue weighted by Gasteiger charge is -2.07. The molecule has 4 aromatic rings. The fraction of sp³-hybridized carbons (Fsp3) is 0.0625. The molecule has 0 fully saturated rings. The summed E-state index contributed by atoms with van der Waals surface area (Å²) in [6.45, 7) is 0. The number of aromatic nitrogens is 5. The van der Waals surface area contributed by atoms with Crippen LogP contribution in [-0.4, -0.2) is 37.5 Å². The van der Waals surface area contributed by atoms with Crippen LogP contribution in [0.25, 0.3) is 22.4 Å². The molecule has 0 aliphatic carbocycles. The van der Waals surface area contributed by atoms with Gasteiger partial charge in [0.25, 0.3) is 5.56 Å². The summed E-state index contributed by atoms with van der Waals surface area (Å²) in [4.78, 5) is 24.5. The number of hydrogen-bond donors (Lipinski definition) is 0. The lowest BCUT2D eigenvalue weighted by atomic mass is 10.3. The Morgan fingerprint density at radius 2 is 1.92 bits per heavy atom. The lowest BCUT2D eigenvalue weighted by Crippen LogP contribution is -2.20. The van der Waals surface area contributed by atoms with Crippen molar-refractivity contribution in [1.82, 2.24) is 24.4 Å². The molecule has 0 unspecified atom stereocenters. The van der Waals surface area contributed by atoms with Crippen LogP contribution < -0.4 is 5.56 Å². The number of rotatable bonds is 2. The summed E-state index contributed by atoms with van der Waals surface area (Å²) >= 11 is 3.36. The van der Waals surface area contributed by atoms with E-state index >= 15 is 0 Å². The molecule has 8 nitrogen and oxygen atoms in total. The van der Waals surface area contributed by atoms with E-state index in [1.54, 1.807) is 12.3 Å². The molecule has 4 rings (SSSR count). The maximum absolute atomic E-state index is 12.8. The summed E-state index contributed by atoms with van der Waals surface area (Å²) < 4.78 is 8.49. The van der Waals surface area contributed by atoms with Gasteiger partial charge < -0.3 is 4.74 Å². The average Bonchev–Trinajstić information content (AvgIpc) is 3.07. The maximum Gasteiger partial charge on any atom is 0.343 e. The molecule has 0 saturated heterocycles. The predicted octanol–water partition coefficient (Wildman–Crippen LogP) is 1.98. The number of carbonyl (C=O) groups is 1. The largest absolute Gasteiger partial charge is 0.465 e. The number of nitrogens with zero attached hydrogens (tertiary/aromatic N) is 5. The molecule has 3 heterocycles. The van der Waals surface area contributed by atoms with Crippen molar-refractivity contribution in [3.63, 3.8) is 0 Å². The fourth-order valence-corrected chi connectivity index (χ4v) is 2.82. The van der Waals surface area contributed by atoms with Crippen LogP contribution in [0.15, 0.2) is 52.0 Å². The first kappa shape index (κ1) is 15.5. The molecule has 9 heteroatoms. The van der Waals surface area contributed by atoms with Crippen molar-refractivity contribution in [2.45, 2.75) is 0 Å². The summed E-state index contributed by atoms with van der Waals surface area (Å²) in [5.74, 6) is -0.563. The predicted molar refractivity (Wildman–Crippen MR) is 92.9 cm³/mol. The smallest absolute Gasteiger partial charge is 0.343 e. The highest BCUT2D eigenvalue weighted by Crippen LogP contribution is 2.16. The Bertz CT molecular complexity index is 1180. The highest BCUT2D eigenvalue weighted by Gasteiger charge is 2.18. The number of pyridine rings is 1. The molecule has 0 aliphatic rings. The van der Waals surface area contributed by atoms with Gasteiger partial charge in [-0.2, -0.15) is 5.10 Å². The minimum atomic E-state index is -0.563. The third kappa shape index (κ3) is 2.40. The van der Waals surface area contributed by atoms with Crippen LogP contribution >= 0.6 is 15.9 Å². The Kier molecular flexibility index (Phi) is 3.57. The van der Waals surface area contributed by atoms with Crippen LogP contribution in [0.5, 0.6) is 0 Å². The van der Waals surface area contributed by atoms with Crippen LogP contribution in [-0.2, 0) is 4.74 Å². The maximum atomic E-state index is 12.8. The quantitative estimate of drug-likeness (QED) is 0.478. The van der Waals surface area contributed by atoms with Crippen molar-refractivity contribution >= 4 is 38.6 Å². The van der Waals surface area contributed by atoms with Gasteiger partial charge >= 0.3 is 5.97 Å². The number of esters is 1. The second-order valence-electron chi connectivity index (χ2n) is 5.19. The summed E-state index contributed by atoms with van der Waals surface area (Å²) in [5.41, 5.74) is 1.40. The molecule has 124 valence electrons. The standard InChI is InChI=1S/C16H10BrN5O3/c1-25-16(24)11-8-18-22-12-6-7-21(10-4-2-9(17)3-5-10)15(23)13(12)19-20-14(11)22/h2-8H,1H3. The molecule has 0 saturated carbocycles. The molecule has 0 atom stereocenters. The van der Waals surface area contributed by atoms with Crippen molar-refractivity contribution in [3.05, 3.63) is 63.1 Å². The van der Waals surface area contributed by atoms with Gasteiger partial charge in [-0.3, -0.25) is 9.36 Å². The van der Waals surface area contributed by atoms with Crippen LogP contribution in [0, 0.1) is 0 Å². The topological polar surface area (TPSA) is 91.4 Å². The van der Waals surface area contributed by atoms with Gasteiger partial charge in [-0.05, 0) is 30.3 Å². The molecule has 25 heavy (non-hydrogen) atoms. The minimum Gasteiger partial charge on any atom is -0.465 e. The third-order valence-electron chi connectivity index (χ3n) is 3.77. The molecule has 1 aromatic carbocycles. The minimum absolute atomic E-state index is 0.150. The normalized spacial score (nSPS) is 11.1. The molecule has 0 bridgehead atoms. The van der Waals surface area contributed by atoms with E-state index in [9.17, 15) is 9.59 Å². The zero-order chi connectivity index (χ0) is 17.6. The van der Waals surface area contributed by atoms with Gasteiger partial charge in [-0.15, -0.1) is 10.2 Å². The molecule has 0 N–H and O–H groups in total. The Balaban J connectivity index is 1.97. The highest BCUT2D eigenvalue weighted by atomic mass is 79.9. The van der Waals surface area contributed by atoms with Crippen LogP contribution in [0.1, 0.15) is 10.4 Å². The van der Waals surface area contributed by atoms with Crippen molar-refractivity contribution < 1.29 is 9.53 Å². The number of benzene rings is 1. The molecule has 0 amide bonds. The van der Waals surface area contributed by atoms with E-state index in [-0.39, 0.29) is 22.3 Å². The van der Waals surface area contributed by atoms with E-state index in [4.69, 9.17) is 4.74 Å². The number of ether oxygens (including phenoxy) is 1. The first-order valence-electron chi connectivity index (χ1n) is 7.20. The van der Waals surface area contributed by atoms with Crippen LogP contribution in [0.3, 0.4) is 0 Å². The number of methoxy groups -OCH3 is 1. The van der Waals surface area contributed by atoms with Crippen molar-refractivity contribution in [2.24, 2.45) is 0 Å². The first-order chi connectivity index (χ1) is 12.1. The molecular formula is C16H10BrN5O3. The summed E-state index contributed by atoms with van der Waals surface area (Å²) in [5, 5.41) is 12.1. The zero-order valence-corrected chi connectivity index (χ0v) is 14.5. The van der Waals surface area contributed by atoms with Crippen LogP contribution in [0.2, 0.25) is 0 Å². The Labute approximate surface area is 148 Å². The van der Waals surface area contributed by atoms with E-state index < -0.39 is 5.97 Å². The van der Waals surface area contributed by atoms with Gasteiger partial charge in [0.1, 0.15) is 11.1 Å². The zero-order valence-electron chi connectivity index (χ0n) is 12.9. The van der Waals surface area contributed by atoms with Crippen molar-refractivity contribution in [1.29, 1.82) is 0 Å². The summed E-state index contributed by atoms with van der Waals surface area (Å²) in [7, 11) is 1.27. The van der Waals surface area contributed by atoms with E-state index in [0.717, 1.165) is 4.47 Å². The number of hydrogen-bond acceptors (Lipinski definition) is 6. The Hall–Kier alpha value is -3.07. The molecule has 0 radical (unpaired) electrons. The highest BCUT2D eigenvalue weighted by molar-refractivity contribution is 9.10. The first-order valence-corrected chi connectivity index (χ1v) is 7.99. The van der Waals surface area contributed by atoms with Gasteiger partial charge in [0, 0.05) is 16.4 Å². The summed E-state index contributed by atoms with van der Waals surface area (Å²) in [6.07, 6.45) is 2.98. The van der Waals surface area contributed by atoms with E-state index in [0.29, 0.717) is 11.2 Å². The SMILES string of the molecule is COC(=O)c1cnn2c1nnc1c(=O)n(-c3ccc(Br)cc3)ccc12. The van der Waals surface area contributed by atoms with E-state index in [2.05, 4.69) is 31.2 Å². The number of carbonyl (C=O) groups excluding carboxylic acids is 1. The second kappa shape index (κ2) is 5.78. The van der Waals surface area contributed by atoms with Gasteiger partial charge in [0.2, 0.25) is 0 Å². The molecule has 0 aliphatic heterocycles. The fourth-order valence-electron chi connectivity index (χ4n) is 2.55. The van der Waals surface area contributed by atoms with Crippen molar-refractivity contribution in [2.75, 3.05) is 7.11 Å². The lowest BCUT2D eigenvalue weighted by molar-refractivity contribution is 0.0602.